The van der Waals surface area contributed by atoms with Gasteiger partial charge >= 0.3 is 5.97 Å². The molecule has 152 valence electrons. The van der Waals surface area contributed by atoms with Crippen LogP contribution in [-0.4, -0.2) is 37.8 Å². The van der Waals surface area contributed by atoms with Crippen LogP contribution in [0.3, 0.4) is 0 Å². The van der Waals surface area contributed by atoms with Crippen LogP contribution in [0.25, 0.3) is 5.65 Å². The number of nitrogens with two attached hydrogens (primary N) is 1. The van der Waals surface area contributed by atoms with E-state index in [-0.39, 0.29) is 23.1 Å². The van der Waals surface area contributed by atoms with Crippen LogP contribution in [0.1, 0.15) is 47.8 Å². The standard InChI is InChI=1S/C20H22FN5O3/c1-11(24-16-3-6-26-18(25-16)15(10-23-26)19(27)28)14-8-13(21)7-12-9-20(2,4-5-22)29-17(12)14/h3,6-8,10-11H,4-5,9,22H2,1-2H3,(H,24,25)(H,27,28)/t11-,20?/m1/s1. The zero-order valence-electron chi connectivity index (χ0n) is 16.1. The molecule has 1 unspecified atom stereocenters. The van der Waals surface area contributed by atoms with Gasteiger partial charge in [-0.3, -0.25) is 0 Å². The summed E-state index contributed by atoms with van der Waals surface area (Å²) in [4.78, 5) is 15.7. The third kappa shape index (κ3) is 3.49. The van der Waals surface area contributed by atoms with Gasteiger partial charge in [-0.2, -0.15) is 5.10 Å². The molecular weight excluding hydrogens is 377 g/mol. The highest BCUT2D eigenvalue weighted by molar-refractivity contribution is 5.94. The zero-order valence-corrected chi connectivity index (χ0v) is 16.1. The highest BCUT2D eigenvalue weighted by atomic mass is 19.1. The van der Waals surface area contributed by atoms with Gasteiger partial charge in [-0.1, -0.05) is 0 Å². The SMILES string of the molecule is C[C@@H](Nc1ccn2ncc(C(=O)O)c2n1)c1cc(F)cc2c1OC(C)(CCN)C2. The Bertz CT molecular complexity index is 1100. The number of aromatic nitrogens is 3. The number of ether oxygens (including phenoxy) is 1. The maximum absolute atomic E-state index is 14.3. The molecule has 0 bridgehead atoms. The minimum Gasteiger partial charge on any atom is -0.487 e. The van der Waals surface area contributed by atoms with Crippen LogP contribution < -0.4 is 15.8 Å². The van der Waals surface area contributed by atoms with E-state index in [9.17, 15) is 14.3 Å². The minimum absolute atomic E-state index is 0.00818. The van der Waals surface area contributed by atoms with Crippen molar-refractivity contribution in [3.63, 3.8) is 0 Å². The van der Waals surface area contributed by atoms with Gasteiger partial charge in [0.05, 0.1) is 12.2 Å². The van der Waals surface area contributed by atoms with Gasteiger partial charge < -0.3 is 20.9 Å². The molecule has 8 nitrogen and oxygen atoms in total. The zero-order chi connectivity index (χ0) is 20.8. The van der Waals surface area contributed by atoms with Gasteiger partial charge in [-0.15, -0.1) is 0 Å². The van der Waals surface area contributed by atoms with Gasteiger partial charge in [0.2, 0.25) is 0 Å². The topological polar surface area (TPSA) is 115 Å². The number of nitrogens with zero attached hydrogens (tertiary/aromatic N) is 3. The van der Waals surface area contributed by atoms with Gasteiger partial charge in [0, 0.05) is 23.7 Å². The van der Waals surface area contributed by atoms with Crippen molar-refractivity contribution in [2.75, 3.05) is 11.9 Å². The van der Waals surface area contributed by atoms with Crippen LogP contribution in [0.5, 0.6) is 5.75 Å². The van der Waals surface area contributed by atoms with E-state index in [0.717, 1.165) is 5.56 Å². The molecule has 3 heterocycles. The molecule has 0 saturated heterocycles. The lowest BCUT2D eigenvalue weighted by molar-refractivity contribution is 0.0698. The van der Waals surface area contributed by atoms with Crippen LogP contribution in [-0.2, 0) is 6.42 Å². The van der Waals surface area contributed by atoms with Crippen LogP contribution in [0.2, 0.25) is 0 Å². The molecule has 2 atom stereocenters. The summed E-state index contributed by atoms with van der Waals surface area (Å²) >= 11 is 0. The predicted octanol–water partition coefficient (Wildman–Crippen LogP) is 2.78. The van der Waals surface area contributed by atoms with E-state index in [0.29, 0.717) is 36.5 Å². The second-order valence-corrected chi connectivity index (χ2v) is 7.56. The summed E-state index contributed by atoms with van der Waals surface area (Å²) in [5.74, 6) is -0.318. The Kier molecular flexibility index (Phi) is 4.62. The number of carboxylic acids is 1. The van der Waals surface area contributed by atoms with Gasteiger partial charge in [0.15, 0.2) is 5.65 Å². The quantitative estimate of drug-likeness (QED) is 0.584. The third-order valence-electron chi connectivity index (χ3n) is 5.18. The fourth-order valence-electron chi connectivity index (χ4n) is 3.78. The number of hydrogen-bond donors (Lipinski definition) is 3. The monoisotopic (exact) mass is 399 g/mol. The molecule has 0 saturated carbocycles. The molecule has 4 rings (SSSR count). The van der Waals surface area contributed by atoms with Crippen molar-refractivity contribution in [3.05, 3.63) is 53.1 Å². The number of hydrogen-bond acceptors (Lipinski definition) is 6. The molecule has 4 N–H and O–H groups in total. The molecular formula is C20H22FN5O3. The van der Waals surface area contributed by atoms with Crippen LogP contribution in [0.4, 0.5) is 10.2 Å². The van der Waals surface area contributed by atoms with E-state index >= 15 is 0 Å². The number of nitrogens with one attached hydrogen (secondary N) is 1. The molecule has 29 heavy (non-hydrogen) atoms. The lowest BCUT2D eigenvalue weighted by Crippen LogP contribution is -2.33. The predicted molar refractivity (Wildman–Crippen MR) is 105 cm³/mol. The van der Waals surface area contributed by atoms with Crippen molar-refractivity contribution in [3.8, 4) is 5.75 Å². The van der Waals surface area contributed by atoms with Crippen molar-refractivity contribution < 1.29 is 19.0 Å². The summed E-state index contributed by atoms with van der Waals surface area (Å²) in [5.41, 5.74) is 6.98. The molecule has 0 spiro atoms. The molecule has 0 radical (unpaired) electrons. The summed E-state index contributed by atoms with van der Waals surface area (Å²) in [6.07, 6.45) is 4.14. The van der Waals surface area contributed by atoms with Gasteiger partial charge in [-0.05, 0) is 45.0 Å². The number of benzene rings is 1. The van der Waals surface area contributed by atoms with E-state index in [1.807, 2.05) is 13.8 Å². The average molecular weight is 399 g/mol. The van der Waals surface area contributed by atoms with Crippen LogP contribution in [0.15, 0.2) is 30.6 Å². The van der Waals surface area contributed by atoms with Crippen molar-refractivity contribution in [1.82, 2.24) is 14.6 Å². The Morgan fingerprint density at radius 3 is 3.03 bits per heavy atom. The van der Waals surface area contributed by atoms with E-state index < -0.39 is 11.6 Å². The summed E-state index contributed by atoms with van der Waals surface area (Å²) in [6, 6.07) is 4.31. The maximum Gasteiger partial charge on any atom is 0.341 e. The van der Waals surface area contributed by atoms with Crippen LogP contribution >= 0.6 is 0 Å². The molecule has 3 aromatic rings. The second-order valence-electron chi connectivity index (χ2n) is 7.56. The van der Waals surface area contributed by atoms with Gasteiger partial charge in [0.25, 0.3) is 0 Å². The van der Waals surface area contributed by atoms with Gasteiger partial charge in [0.1, 0.15) is 28.5 Å². The lowest BCUT2D eigenvalue weighted by Gasteiger charge is -2.24. The Hall–Kier alpha value is -3.20. The Morgan fingerprint density at radius 1 is 1.52 bits per heavy atom. The Morgan fingerprint density at radius 2 is 2.31 bits per heavy atom. The van der Waals surface area contributed by atoms with E-state index in [4.69, 9.17) is 10.5 Å². The summed E-state index contributed by atoms with van der Waals surface area (Å²) in [6.45, 7) is 4.33. The van der Waals surface area contributed by atoms with E-state index in [1.54, 1.807) is 12.3 Å². The van der Waals surface area contributed by atoms with Crippen molar-refractivity contribution >= 4 is 17.4 Å². The number of halogens is 1. The van der Waals surface area contributed by atoms with E-state index in [2.05, 4.69) is 15.4 Å². The highest BCUT2D eigenvalue weighted by Gasteiger charge is 2.36. The van der Waals surface area contributed by atoms with Crippen LogP contribution in [0, 0.1) is 5.82 Å². The first-order valence-electron chi connectivity index (χ1n) is 9.35. The molecule has 9 heteroatoms. The van der Waals surface area contributed by atoms with E-state index in [1.165, 1.54) is 22.8 Å². The second kappa shape index (κ2) is 7.00. The number of aromatic carboxylic acids is 1. The first-order chi connectivity index (χ1) is 13.8. The van der Waals surface area contributed by atoms with Crippen molar-refractivity contribution in [2.45, 2.75) is 38.3 Å². The minimum atomic E-state index is -1.10. The first-order valence-corrected chi connectivity index (χ1v) is 9.35. The normalized spacial score (nSPS) is 19.0. The molecule has 0 aliphatic carbocycles. The van der Waals surface area contributed by atoms with Gasteiger partial charge in [-0.25, -0.2) is 18.7 Å². The fraction of sp³-hybridized carbons (Fsp3) is 0.350. The third-order valence-corrected chi connectivity index (χ3v) is 5.18. The molecule has 0 fully saturated rings. The fourth-order valence-corrected chi connectivity index (χ4v) is 3.78. The highest BCUT2D eigenvalue weighted by Crippen LogP contribution is 2.42. The molecule has 1 aromatic carbocycles. The number of anilines is 1. The smallest absolute Gasteiger partial charge is 0.341 e. The Balaban J connectivity index is 1.65. The Labute approximate surface area is 166 Å². The maximum atomic E-state index is 14.3. The first kappa shape index (κ1) is 19.1. The number of fused-ring (bicyclic) bond motifs is 2. The summed E-state index contributed by atoms with van der Waals surface area (Å²) in [5, 5.41) is 16.5. The number of carbonyl (C=O) groups is 1. The number of carboxylic acid groups (broad SMARTS) is 1. The molecule has 2 aromatic heterocycles. The summed E-state index contributed by atoms with van der Waals surface area (Å²) in [7, 11) is 0. The summed E-state index contributed by atoms with van der Waals surface area (Å²) < 4.78 is 21.8. The number of rotatable bonds is 6. The molecule has 0 amide bonds. The molecule has 1 aliphatic heterocycles. The average Bonchev–Trinajstić information content (AvgIpc) is 3.21. The lowest BCUT2D eigenvalue weighted by atomic mass is 9.94. The largest absolute Gasteiger partial charge is 0.487 e. The van der Waals surface area contributed by atoms with Crippen molar-refractivity contribution in [2.24, 2.45) is 5.73 Å². The van der Waals surface area contributed by atoms with Crippen molar-refractivity contribution in [1.29, 1.82) is 0 Å². The molecule has 1 aliphatic rings.